The smallest absolute Gasteiger partial charge is 0.135 e. The Morgan fingerprint density at radius 1 is 1.16 bits per heavy atom. The van der Waals surface area contributed by atoms with Gasteiger partial charge in [0.1, 0.15) is 17.9 Å². The van der Waals surface area contributed by atoms with E-state index >= 15 is 0 Å². The normalized spacial score (nSPS) is 16.4. The Bertz CT molecular complexity index is 537. The van der Waals surface area contributed by atoms with E-state index in [-0.39, 0.29) is 11.0 Å². The lowest BCUT2D eigenvalue weighted by molar-refractivity contribution is -0.106. The van der Waals surface area contributed by atoms with Gasteiger partial charge in [-0.3, -0.25) is 4.90 Å². The molecule has 2 heterocycles. The SMILES string of the molecule is CC=O.CN(C1CCN(c2ccnc(C(C)(C)C)n2)CC1)C(C)(C)C. The zero-order valence-corrected chi connectivity index (χ0v) is 17.3. The molecule has 0 spiro atoms. The lowest BCUT2D eigenvalue weighted by Crippen LogP contribution is -2.50. The van der Waals surface area contributed by atoms with Crippen LogP contribution in [-0.2, 0) is 10.2 Å². The Kier molecular flexibility index (Phi) is 7.54. The Morgan fingerprint density at radius 2 is 1.68 bits per heavy atom. The van der Waals surface area contributed by atoms with Crippen molar-refractivity contribution in [3.05, 3.63) is 18.1 Å². The molecular formula is C20H36N4O. The van der Waals surface area contributed by atoms with Crippen LogP contribution in [0.2, 0.25) is 0 Å². The van der Waals surface area contributed by atoms with E-state index < -0.39 is 0 Å². The zero-order valence-electron chi connectivity index (χ0n) is 17.3. The van der Waals surface area contributed by atoms with Crippen molar-refractivity contribution in [1.82, 2.24) is 14.9 Å². The average molecular weight is 349 g/mol. The third-order valence-corrected chi connectivity index (χ3v) is 4.71. The highest BCUT2D eigenvalue weighted by Crippen LogP contribution is 2.26. The number of rotatable bonds is 2. The number of piperidine rings is 1. The van der Waals surface area contributed by atoms with Gasteiger partial charge in [0, 0.05) is 36.3 Å². The van der Waals surface area contributed by atoms with Crippen molar-refractivity contribution in [3.63, 3.8) is 0 Å². The number of carbonyl (C=O) groups is 1. The molecule has 0 aliphatic carbocycles. The Hall–Kier alpha value is -1.49. The molecule has 1 fully saturated rings. The Labute approximate surface area is 153 Å². The van der Waals surface area contributed by atoms with E-state index in [4.69, 9.17) is 9.78 Å². The summed E-state index contributed by atoms with van der Waals surface area (Å²) in [7, 11) is 2.25. The van der Waals surface area contributed by atoms with Crippen molar-refractivity contribution in [1.29, 1.82) is 0 Å². The van der Waals surface area contributed by atoms with Crippen LogP contribution >= 0.6 is 0 Å². The first-order chi connectivity index (χ1) is 11.5. The molecule has 0 N–H and O–H groups in total. The molecule has 0 radical (unpaired) electrons. The molecule has 5 heteroatoms. The lowest BCUT2D eigenvalue weighted by atomic mass is 9.95. The molecule has 1 aliphatic rings. The van der Waals surface area contributed by atoms with Crippen molar-refractivity contribution >= 4 is 12.1 Å². The summed E-state index contributed by atoms with van der Waals surface area (Å²) in [5.41, 5.74) is 0.238. The first kappa shape index (κ1) is 21.6. The maximum absolute atomic E-state index is 8.81. The van der Waals surface area contributed by atoms with Gasteiger partial charge in [0.2, 0.25) is 0 Å². The molecule has 0 atom stereocenters. The summed E-state index contributed by atoms with van der Waals surface area (Å²) in [6.45, 7) is 17.0. The van der Waals surface area contributed by atoms with Crippen LogP contribution in [0.5, 0.6) is 0 Å². The summed E-state index contributed by atoms with van der Waals surface area (Å²) >= 11 is 0. The number of carbonyl (C=O) groups excluding carboxylic acids is 1. The van der Waals surface area contributed by atoms with Crippen LogP contribution < -0.4 is 4.90 Å². The number of hydrogen-bond acceptors (Lipinski definition) is 5. The molecule has 0 saturated carbocycles. The molecule has 1 saturated heterocycles. The van der Waals surface area contributed by atoms with Gasteiger partial charge in [0.05, 0.1) is 0 Å². The molecule has 0 amide bonds. The van der Waals surface area contributed by atoms with E-state index in [1.54, 1.807) is 0 Å². The van der Waals surface area contributed by atoms with Gasteiger partial charge in [-0.25, -0.2) is 9.97 Å². The van der Waals surface area contributed by atoms with Gasteiger partial charge in [-0.05, 0) is 53.7 Å². The van der Waals surface area contributed by atoms with E-state index in [0.29, 0.717) is 6.04 Å². The summed E-state index contributed by atoms with van der Waals surface area (Å²) < 4.78 is 0. The van der Waals surface area contributed by atoms with Gasteiger partial charge >= 0.3 is 0 Å². The molecule has 0 aromatic carbocycles. The van der Waals surface area contributed by atoms with Gasteiger partial charge in [-0.2, -0.15) is 0 Å². The number of nitrogens with zero attached hydrogens (tertiary/aromatic N) is 4. The van der Waals surface area contributed by atoms with E-state index in [0.717, 1.165) is 31.0 Å². The number of hydrogen-bond donors (Lipinski definition) is 0. The van der Waals surface area contributed by atoms with E-state index in [1.165, 1.54) is 19.8 Å². The fourth-order valence-corrected chi connectivity index (χ4v) is 2.92. The first-order valence-corrected chi connectivity index (χ1v) is 9.22. The highest BCUT2D eigenvalue weighted by atomic mass is 16.1. The summed E-state index contributed by atoms with van der Waals surface area (Å²) in [6.07, 6.45) is 5.04. The van der Waals surface area contributed by atoms with Crippen LogP contribution in [0.15, 0.2) is 12.3 Å². The predicted molar refractivity (Wildman–Crippen MR) is 105 cm³/mol. The highest BCUT2D eigenvalue weighted by molar-refractivity contribution is 5.44. The Balaban J connectivity index is 0.000000970. The molecule has 1 aromatic heterocycles. The molecule has 142 valence electrons. The zero-order chi connectivity index (χ0) is 19.3. The minimum atomic E-state index is 0.000778. The van der Waals surface area contributed by atoms with Crippen LogP contribution in [0.3, 0.4) is 0 Å². The van der Waals surface area contributed by atoms with E-state index in [9.17, 15) is 0 Å². The van der Waals surface area contributed by atoms with Crippen LogP contribution in [0.1, 0.15) is 67.1 Å². The van der Waals surface area contributed by atoms with Gasteiger partial charge in [0.25, 0.3) is 0 Å². The topological polar surface area (TPSA) is 49.3 Å². The summed E-state index contributed by atoms with van der Waals surface area (Å²) in [5.74, 6) is 2.01. The van der Waals surface area contributed by atoms with Crippen molar-refractivity contribution in [2.24, 2.45) is 0 Å². The van der Waals surface area contributed by atoms with Crippen molar-refractivity contribution in [2.45, 2.75) is 78.3 Å². The van der Waals surface area contributed by atoms with Crippen LogP contribution in [-0.4, -0.2) is 52.9 Å². The van der Waals surface area contributed by atoms with Gasteiger partial charge in [-0.1, -0.05) is 20.8 Å². The van der Waals surface area contributed by atoms with E-state index in [2.05, 4.69) is 63.4 Å². The minimum Gasteiger partial charge on any atom is -0.356 e. The van der Waals surface area contributed by atoms with Gasteiger partial charge < -0.3 is 9.69 Å². The molecule has 5 nitrogen and oxygen atoms in total. The second-order valence-electron chi connectivity index (χ2n) is 8.72. The third kappa shape index (κ3) is 6.38. The highest BCUT2D eigenvalue weighted by Gasteiger charge is 2.29. The molecule has 0 unspecified atom stereocenters. The largest absolute Gasteiger partial charge is 0.356 e. The summed E-state index contributed by atoms with van der Waals surface area (Å²) in [5, 5.41) is 0. The van der Waals surface area contributed by atoms with Crippen LogP contribution in [0, 0.1) is 0 Å². The maximum atomic E-state index is 8.81. The van der Waals surface area contributed by atoms with E-state index in [1.807, 2.05) is 12.3 Å². The van der Waals surface area contributed by atoms with Crippen molar-refractivity contribution in [2.75, 3.05) is 25.0 Å². The van der Waals surface area contributed by atoms with Gasteiger partial charge in [-0.15, -0.1) is 0 Å². The molecular weight excluding hydrogens is 312 g/mol. The standard InChI is InChI=1S/C18H32N4.C2H4O/c1-17(2,3)16-19-11-8-15(20-16)22-12-9-14(10-13-22)21(7)18(4,5)6;1-2-3/h8,11,14H,9-10,12-13H2,1-7H3;2H,1H3. The fraction of sp³-hybridized carbons (Fsp3) is 0.750. The quantitative estimate of drug-likeness (QED) is 0.763. The fourth-order valence-electron chi connectivity index (χ4n) is 2.92. The minimum absolute atomic E-state index is 0.000778. The monoisotopic (exact) mass is 348 g/mol. The summed E-state index contributed by atoms with van der Waals surface area (Å²) in [4.78, 5) is 23.0. The second-order valence-corrected chi connectivity index (χ2v) is 8.72. The average Bonchev–Trinajstić information content (AvgIpc) is 2.53. The van der Waals surface area contributed by atoms with Crippen LogP contribution in [0.25, 0.3) is 0 Å². The molecule has 0 bridgehead atoms. The third-order valence-electron chi connectivity index (χ3n) is 4.71. The molecule has 1 aliphatic heterocycles. The molecule has 2 rings (SSSR count). The van der Waals surface area contributed by atoms with Gasteiger partial charge in [0.15, 0.2) is 0 Å². The second kappa shape index (κ2) is 8.75. The lowest BCUT2D eigenvalue weighted by Gasteiger charge is -2.43. The number of aldehydes is 1. The van der Waals surface area contributed by atoms with Crippen LogP contribution in [0.4, 0.5) is 5.82 Å². The Morgan fingerprint density at radius 3 is 2.12 bits per heavy atom. The number of anilines is 1. The molecule has 1 aromatic rings. The molecule has 25 heavy (non-hydrogen) atoms. The van der Waals surface area contributed by atoms with Crippen molar-refractivity contribution < 1.29 is 4.79 Å². The maximum Gasteiger partial charge on any atom is 0.135 e. The predicted octanol–water partition coefficient (Wildman–Crippen LogP) is 3.68. The van der Waals surface area contributed by atoms with Crippen molar-refractivity contribution in [3.8, 4) is 0 Å². The summed E-state index contributed by atoms with van der Waals surface area (Å²) in [6, 6.07) is 2.71. The number of aromatic nitrogens is 2. The first-order valence-electron chi connectivity index (χ1n) is 9.22.